The molecule has 0 aliphatic heterocycles. The zero-order chi connectivity index (χ0) is 42.8. The quantitative estimate of drug-likeness (QED) is 0.0270. The van der Waals surface area contributed by atoms with E-state index in [1.54, 1.807) is 6.07 Å². The van der Waals surface area contributed by atoms with Gasteiger partial charge in [0.25, 0.3) is 5.91 Å². The minimum absolute atomic E-state index is 0.0232. The average molecular weight is 800 g/mol. The summed E-state index contributed by atoms with van der Waals surface area (Å²) in [6.45, 7) is 4.57. The van der Waals surface area contributed by atoms with Crippen LogP contribution in [0, 0.1) is 28.6 Å². The van der Waals surface area contributed by atoms with Crippen LogP contribution in [-0.4, -0.2) is 45.8 Å². The number of primary amides is 1. The van der Waals surface area contributed by atoms with Gasteiger partial charge in [0.1, 0.15) is 29.3 Å². The number of amides is 2. The minimum atomic E-state index is -0.551. The van der Waals surface area contributed by atoms with E-state index in [9.17, 15) is 35.1 Å². The number of ketones is 1. The number of benzene rings is 6. The fourth-order valence-electron chi connectivity index (χ4n) is 6.77. The van der Waals surface area contributed by atoms with Crippen molar-refractivity contribution < 1.29 is 24.6 Å². The Kier molecular flexibility index (Phi) is 13.2. The number of hydrogen-bond acceptors (Lipinski definition) is 12. The molecule has 6 aromatic rings. The maximum Gasteiger partial charge on any atom is 0.271 e. The van der Waals surface area contributed by atoms with Gasteiger partial charge in [0.2, 0.25) is 11.7 Å². The second-order valence-corrected chi connectivity index (χ2v) is 14.0. The number of hydrazine groups is 1. The van der Waals surface area contributed by atoms with Crippen molar-refractivity contribution >= 4 is 51.1 Å². The Morgan fingerprint density at radius 3 is 2.00 bits per heavy atom. The highest BCUT2D eigenvalue weighted by Gasteiger charge is 2.24. The van der Waals surface area contributed by atoms with Gasteiger partial charge >= 0.3 is 0 Å². The molecule has 14 nitrogen and oxygen atoms in total. The van der Waals surface area contributed by atoms with Crippen molar-refractivity contribution in [3.8, 4) is 23.6 Å². The van der Waals surface area contributed by atoms with Crippen molar-refractivity contribution in [1.82, 2.24) is 21.7 Å². The third kappa shape index (κ3) is 9.27. The Bertz CT molecular complexity index is 2770. The van der Waals surface area contributed by atoms with Crippen molar-refractivity contribution in [2.75, 3.05) is 0 Å². The average Bonchev–Trinajstić information content (AvgIpc) is 3.26. The number of nitrogens with one attached hydrogen (secondary N) is 4. The Balaban J connectivity index is 1.26. The van der Waals surface area contributed by atoms with Gasteiger partial charge in [-0.25, -0.2) is 16.4 Å². The van der Waals surface area contributed by atoms with Crippen molar-refractivity contribution in [3.63, 3.8) is 0 Å². The molecule has 0 spiro atoms. The predicted octanol–water partition coefficient (Wildman–Crippen LogP) is 5.78. The number of hydrogen-bond donors (Lipinski definition) is 7. The Morgan fingerprint density at radius 2 is 1.35 bits per heavy atom. The van der Waals surface area contributed by atoms with Crippen LogP contribution in [0.25, 0.3) is 21.5 Å². The maximum absolute atomic E-state index is 14.3. The monoisotopic (exact) mass is 799 g/mol. The standard InChI is InChI=1S/C46H41N9O5/c1-3-27(2)42(45(49)59)50-24-30-14-17-39(38-11-7-6-10-37(30)38)43(44(58)28-15-18-40(56)33(20-28)22-47)53-55-52-26-32-13-12-31(35-8-4-5-9-36(32)35)25-51-54-46(60)29-16-19-41(57)34(21-29)23-48/h4-21,25,27,42,50,52,55-57H,3,24,26H2,1-2H3,(H2,49,59)(H,54,60). The van der Waals surface area contributed by atoms with Gasteiger partial charge in [-0.15, -0.1) is 0 Å². The molecule has 6 rings (SSSR count). The first kappa shape index (κ1) is 41.7. The van der Waals surface area contributed by atoms with Gasteiger partial charge in [0.05, 0.1) is 23.4 Å². The summed E-state index contributed by atoms with van der Waals surface area (Å²) < 4.78 is 0. The van der Waals surface area contributed by atoms with E-state index in [-0.39, 0.29) is 51.9 Å². The largest absolute Gasteiger partial charge is 0.507 e. The van der Waals surface area contributed by atoms with Gasteiger partial charge in [0.15, 0.2) is 0 Å². The number of carbonyl (C=O) groups is 3. The summed E-state index contributed by atoms with van der Waals surface area (Å²) in [4.78, 5) is 39.2. The van der Waals surface area contributed by atoms with Crippen LogP contribution in [0.4, 0.5) is 0 Å². The van der Waals surface area contributed by atoms with Crippen LogP contribution in [0.15, 0.2) is 119 Å². The fourth-order valence-corrected chi connectivity index (χ4v) is 6.77. The predicted molar refractivity (Wildman–Crippen MR) is 229 cm³/mol. The molecule has 0 fully saturated rings. The molecule has 6 aromatic carbocycles. The summed E-state index contributed by atoms with van der Waals surface area (Å²) in [5.74, 6) is -1.93. The van der Waals surface area contributed by atoms with E-state index in [1.807, 2.05) is 92.7 Å². The topological polar surface area (TPSA) is 238 Å². The third-order valence-corrected chi connectivity index (χ3v) is 10.2. The van der Waals surface area contributed by atoms with Crippen molar-refractivity contribution in [2.45, 2.75) is 39.4 Å². The first-order valence-corrected chi connectivity index (χ1v) is 19.0. The molecule has 60 heavy (non-hydrogen) atoms. The normalized spacial score (nSPS) is 12.4. The number of phenolic OH excluding ortho intramolecular Hbond substituents is 2. The molecule has 0 aromatic heterocycles. The van der Waals surface area contributed by atoms with E-state index >= 15 is 0 Å². The second kappa shape index (κ2) is 19.0. The summed E-state index contributed by atoms with van der Waals surface area (Å²) in [7, 11) is 0. The van der Waals surface area contributed by atoms with Gasteiger partial charge in [-0.1, -0.05) is 93.1 Å². The molecule has 2 atom stereocenters. The molecule has 14 heteroatoms. The van der Waals surface area contributed by atoms with Gasteiger partial charge in [-0.3, -0.25) is 14.4 Å². The third-order valence-electron chi connectivity index (χ3n) is 10.2. The van der Waals surface area contributed by atoms with Crippen molar-refractivity contribution in [3.05, 3.63) is 154 Å². The number of rotatable bonds is 16. The van der Waals surface area contributed by atoms with Crippen LogP contribution < -0.4 is 27.4 Å². The lowest BCUT2D eigenvalue weighted by Gasteiger charge is -2.22. The first-order chi connectivity index (χ1) is 29.0. The number of nitrogens with two attached hydrogens (primary N) is 1. The second-order valence-electron chi connectivity index (χ2n) is 14.0. The molecule has 0 bridgehead atoms. The summed E-state index contributed by atoms with van der Waals surface area (Å²) in [6, 6.07) is 33.8. The van der Waals surface area contributed by atoms with E-state index in [2.05, 4.69) is 31.9 Å². The van der Waals surface area contributed by atoms with Crippen LogP contribution in [0.1, 0.15) is 74.4 Å². The molecule has 2 amide bonds. The van der Waals surface area contributed by atoms with E-state index in [4.69, 9.17) is 5.73 Å². The molecular weight excluding hydrogens is 759 g/mol. The maximum atomic E-state index is 14.3. The summed E-state index contributed by atoms with van der Waals surface area (Å²) >= 11 is 0. The molecule has 0 radical (unpaired) electrons. The Hall–Kier alpha value is -7.91. The first-order valence-electron chi connectivity index (χ1n) is 19.0. The Labute approximate surface area is 345 Å². The summed E-state index contributed by atoms with van der Waals surface area (Å²) in [5, 5.41) is 53.9. The molecule has 2 unspecified atom stereocenters. The number of carbonyl (C=O) groups excluding carboxylic acids is 3. The molecule has 300 valence electrons. The van der Waals surface area contributed by atoms with Gasteiger partial charge < -0.3 is 21.3 Å². The van der Waals surface area contributed by atoms with Crippen LogP contribution in [0.5, 0.6) is 11.5 Å². The number of nitriles is 2. The van der Waals surface area contributed by atoms with E-state index < -0.39 is 23.6 Å². The zero-order valence-corrected chi connectivity index (χ0v) is 32.7. The van der Waals surface area contributed by atoms with Crippen LogP contribution >= 0.6 is 0 Å². The summed E-state index contributed by atoms with van der Waals surface area (Å²) in [5.41, 5.74) is 17.4. The number of phenols is 2. The highest BCUT2D eigenvalue weighted by atomic mass is 16.3. The summed E-state index contributed by atoms with van der Waals surface area (Å²) in [6.07, 6.45) is 2.28. The SMILES string of the molecule is CCC(C)C(NCc1ccc(C(=NNNCc2ccc(C=NNC(=O)c3ccc(O)c(C#N)c3)c3ccccc23)C(=O)c2ccc(O)c(C#N)c2)c2ccccc12)C(N)=O. The number of fused-ring (bicyclic) bond motifs is 2. The molecular formula is C46H41N9O5. The highest BCUT2D eigenvalue weighted by Crippen LogP contribution is 2.27. The molecule has 0 aliphatic rings. The number of aromatic hydroxyl groups is 2. The molecule has 0 saturated heterocycles. The molecule has 0 aliphatic carbocycles. The number of nitrogens with zero attached hydrogens (tertiary/aromatic N) is 4. The Morgan fingerprint density at radius 1 is 0.767 bits per heavy atom. The van der Waals surface area contributed by atoms with Gasteiger partial charge in [0, 0.05) is 35.3 Å². The van der Waals surface area contributed by atoms with Gasteiger partial charge in [-0.2, -0.15) is 20.7 Å². The van der Waals surface area contributed by atoms with E-state index in [0.717, 1.165) is 44.7 Å². The van der Waals surface area contributed by atoms with Crippen LogP contribution in [-0.2, 0) is 17.9 Å². The lowest BCUT2D eigenvalue weighted by molar-refractivity contribution is -0.121. The fraction of sp³-hybridized carbons (Fsp3) is 0.152. The molecule has 0 heterocycles. The van der Waals surface area contributed by atoms with Crippen LogP contribution in [0.2, 0.25) is 0 Å². The number of hydrazone groups is 2. The van der Waals surface area contributed by atoms with Gasteiger partial charge in [-0.05, 0) is 75.0 Å². The lowest BCUT2D eigenvalue weighted by Crippen LogP contribution is -2.45. The van der Waals surface area contributed by atoms with Crippen molar-refractivity contribution in [2.24, 2.45) is 21.9 Å². The van der Waals surface area contributed by atoms with E-state index in [0.29, 0.717) is 12.1 Å². The zero-order valence-electron chi connectivity index (χ0n) is 32.7. The van der Waals surface area contributed by atoms with E-state index in [1.165, 1.54) is 42.6 Å². The molecule has 0 saturated carbocycles. The minimum Gasteiger partial charge on any atom is -0.507 e. The van der Waals surface area contributed by atoms with Crippen molar-refractivity contribution in [1.29, 1.82) is 10.5 Å². The molecule has 8 N–H and O–H groups in total. The van der Waals surface area contributed by atoms with Crippen LogP contribution in [0.3, 0.4) is 0 Å². The lowest BCUT2D eigenvalue weighted by atomic mass is 9.92. The smallest absolute Gasteiger partial charge is 0.271 e. The number of Topliss-reactive ketones (excluding diaryl/α,β-unsaturated/α-hetero) is 1. The highest BCUT2D eigenvalue weighted by molar-refractivity contribution is 6.53.